The van der Waals surface area contributed by atoms with Crippen molar-refractivity contribution in [3.05, 3.63) is 34.9 Å². The molecule has 5 heteroatoms. The summed E-state index contributed by atoms with van der Waals surface area (Å²) in [5.74, 6) is 0.0785. The number of amides is 1. The Morgan fingerprint density at radius 3 is 2.71 bits per heavy atom. The van der Waals surface area contributed by atoms with Gasteiger partial charge in [-0.3, -0.25) is 9.69 Å². The summed E-state index contributed by atoms with van der Waals surface area (Å²) in [7, 11) is 1.69. The van der Waals surface area contributed by atoms with Crippen LogP contribution < -0.4 is 11.1 Å². The molecule has 4 nitrogen and oxygen atoms in total. The van der Waals surface area contributed by atoms with E-state index in [2.05, 4.69) is 17.1 Å². The van der Waals surface area contributed by atoms with Gasteiger partial charge in [0.25, 0.3) is 0 Å². The van der Waals surface area contributed by atoms with Crippen molar-refractivity contribution in [1.29, 1.82) is 0 Å². The molecule has 0 spiro atoms. The summed E-state index contributed by atoms with van der Waals surface area (Å²) in [5, 5.41) is 3.48. The highest BCUT2D eigenvalue weighted by atomic mass is 35.5. The highest BCUT2D eigenvalue weighted by Crippen LogP contribution is 2.33. The van der Waals surface area contributed by atoms with Crippen LogP contribution in [0, 0.1) is 0 Å². The number of likely N-dealkylation sites (tertiary alicyclic amines) is 1. The second kappa shape index (κ2) is 7.25. The van der Waals surface area contributed by atoms with E-state index in [4.69, 9.17) is 17.3 Å². The van der Waals surface area contributed by atoms with Crippen LogP contribution in [0.4, 0.5) is 0 Å². The molecular weight excluding hydrogens is 286 g/mol. The van der Waals surface area contributed by atoms with Crippen LogP contribution in [-0.4, -0.2) is 36.5 Å². The van der Waals surface area contributed by atoms with Crippen LogP contribution in [0.3, 0.4) is 0 Å². The maximum Gasteiger partial charge on any atom is 0.237 e. The Morgan fingerprint density at radius 2 is 2.14 bits per heavy atom. The minimum absolute atomic E-state index is 0.00330. The van der Waals surface area contributed by atoms with Gasteiger partial charge in [0.1, 0.15) is 0 Å². The zero-order valence-corrected chi connectivity index (χ0v) is 13.4. The van der Waals surface area contributed by atoms with Crippen molar-refractivity contribution in [2.24, 2.45) is 5.73 Å². The van der Waals surface area contributed by atoms with Crippen molar-refractivity contribution in [2.75, 3.05) is 13.6 Å². The molecule has 21 heavy (non-hydrogen) atoms. The molecule has 0 bridgehead atoms. The number of hydrogen-bond acceptors (Lipinski definition) is 3. The predicted molar refractivity (Wildman–Crippen MR) is 86.3 cm³/mol. The van der Waals surface area contributed by atoms with E-state index in [0.29, 0.717) is 5.02 Å². The first-order valence-corrected chi connectivity index (χ1v) is 7.94. The average Bonchev–Trinajstić information content (AvgIpc) is 2.97. The molecule has 3 N–H and O–H groups in total. The maximum absolute atomic E-state index is 12.1. The van der Waals surface area contributed by atoms with E-state index >= 15 is 0 Å². The van der Waals surface area contributed by atoms with Crippen LogP contribution in [0.5, 0.6) is 0 Å². The van der Waals surface area contributed by atoms with Crippen molar-refractivity contribution >= 4 is 17.5 Å². The fourth-order valence-electron chi connectivity index (χ4n) is 3.14. The summed E-state index contributed by atoms with van der Waals surface area (Å²) in [6, 6.07) is 7.76. The van der Waals surface area contributed by atoms with Crippen molar-refractivity contribution in [1.82, 2.24) is 10.2 Å². The molecular formula is C16H24ClN3O. The number of benzene rings is 1. The summed E-state index contributed by atoms with van der Waals surface area (Å²) >= 11 is 5.98. The molecule has 0 radical (unpaired) electrons. The summed E-state index contributed by atoms with van der Waals surface area (Å²) in [4.78, 5) is 14.4. The van der Waals surface area contributed by atoms with Crippen molar-refractivity contribution in [3.8, 4) is 0 Å². The molecule has 0 saturated carbocycles. The molecule has 116 valence electrons. The summed E-state index contributed by atoms with van der Waals surface area (Å²) < 4.78 is 0. The molecule has 1 aromatic carbocycles. The molecule has 1 aliphatic rings. The van der Waals surface area contributed by atoms with E-state index in [1.165, 1.54) is 0 Å². The lowest BCUT2D eigenvalue weighted by Crippen LogP contribution is -2.48. The zero-order valence-electron chi connectivity index (χ0n) is 12.7. The first-order valence-electron chi connectivity index (χ1n) is 7.56. The first kappa shape index (κ1) is 16.3. The Balaban J connectivity index is 2.31. The van der Waals surface area contributed by atoms with Crippen molar-refractivity contribution < 1.29 is 4.79 Å². The smallest absolute Gasteiger partial charge is 0.237 e. The topological polar surface area (TPSA) is 58.4 Å². The lowest BCUT2D eigenvalue weighted by molar-refractivity contribution is -0.125. The normalized spacial score (nSPS) is 22.0. The zero-order chi connectivity index (χ0) is 15.4. The van der Waals surface area contributed by atoms with Gasteiger partial charge in [-0.25, -0.2) is 0 Å². The van der Waals surface area contributed by atoms with Crippen LogP contribution in [0.25, 0.3) is 0 Å². The van der Waals surface area contributed by atoms with E-state index in [0.717, 1.165) is 31.4 Å². The van der Waals surface area contributed by atoms with Gasteiger partial charge < -0.3 is 11.1 Å². The third-order valence-corrected chi connectivity index (χ3v) is 4.54. The number of nitrogens with one attached hydrogen (secondary N) is 1. The molecule has 3 unspecified atom stereocenters. The second-order valence-electron chi connectivity index (χ2n) is 5.58. The van der Waals surface area contributed by atoms with E-state index in [9.17, 15) is 4.79 Å². The molecule has 2 rings (SSSR count). The Hall–Kier alpha value is -1.10. The molecule has 1 aromatic rings. The average molecular weight is 310 g/mol. The molecule has 1 fully saturated rings. The predicted octanol–water partition coefficient (Wildman–Crippen LogP) is 2.33. The Bertz CT molecular complexity index is 477. The van der Waals surface area contributed by atoms with E-state index in [1.54, 1.807) is 7.05 Å². The maximum atomic E-state index is 12.1. The fourth-order valence-corrected chi connectivity index (χ4v) is 3.26. The second-order valence-corrected chi connectivity index (χ2v) is 6.02. The molecule has 1 amide bonds. The van der Waals surface area contributed by atoms with Gasteiger partial charge in [0, 0.05) is 18.1 Å². The van der Waals surface area contributed by atoms with E-state index in [1.807, 2.05) is 24.3 Å². The number of nitrogens with two attached hydrogens (primary N) is 1. The number of hydrogen-bond donors (Lipinski definition) is 2. The summed E-state index contributed by atoms with van der Waals surface area (Å²) in [5.41, 5.74) is 7.49. The van der Waals surface area contributed by atoms with Gasteiger partial charge in [-0.1, -0.05) is 30.7 Å². The van der Waals surface area contributed by atoms with E-state index in [-0.39, 0.29) is 24.0 Å². The van der Waals surface area contributed by atoms with Crippen LogP contribution in [0.15, 0.2) is 24.3 Å². The third kappa shape index (κ3) is 3.57. The van der Waals surface area contributed by atoms with Gasteiger partial charge in [-0.15, -0.1) is 0 Å². The standard InChI is InChI=1S/C16H24ClN3O/c1-3-13(18)15(11-6-8-12(17)9-7-11)20-10-4-5-14(20)16(21)19-2/h6-9,13-15H,3-5,10,18H2,1-2H3,(H,19,21). The van der Waals surface area contributed by atoms with Gasteiger partial charge in [-0.05, 0) is 43.5 Å². The first-order chi connectivity index (χ1) is 10.1. The monoisotopic (exact) mass is 309 g/mol. The lowest BCUT2D eigenvalue weighted by atomic mass is 9.95. The van der Waals surface area contributed by atoms with Gasteiger partial charge in [0.2, 0.25) is 5.91 Å². The molecule has 1 heterocycles. The van der Waals surface area contributed by atoms with Crippen LogP contribution in [0.2, 0.25) is 5.02 Å². The summed E-state index contributed by atoms with van der Waals surface area (Å²) in [6.07, 6.45) is 2.78. The van der Waals surface area contributed by atoms with Gasteiger partial charge in [0.15, 0.2) is 0 Å². The number of nitrogens with zero attached hydrogens (tertiary/aromatic N) is 1. The summed E-state index contributed by atoms with van der Waals surface area (Å²) in [6.45, 7) is 2.98. The molecule has 0 aliphatic carbocycles. The van der Waals surface area contributed by atoms with Crippen LogP contribution in [0.1, 0.15) is 37.8 Å². The van der Waals surface area contributed by atoms with Crippen molar-refractivity contribution in [2.45, 2.75) is 44.3 Å². The highest BCUT2D eigenvalue weighted by Gasteiger charge is 2.37. The fraction of sp³-hybridized carbons (Fsp3) is 0.562. The quantitative estimate of drug-likeness (QED) is 0.877. The molecule has 0 aromatic heterocycles. The number of halogens is 1. The Labute approximate surface area is 131 Å². The number of likely N-dealkylation sites (N-methyl/N-ethyl adjacent to an activating group) is 1. The van der Waals surface area contributed by atoms with Gasteiger partial charge >= 0.3 is 0 Å². The third-order valence-electron chi connectivity index (χ3n) is 4.29. The van der Waals surface area contributed by atoms with E-state index < -0.39 is 0 Å². The molecule has 3 atom stereocenters. The van der Waals surface area contributed by atoms with Crippen LogP contribution >= 0.6 is 11.6 Å². The number of carbonyl (C=O) groups excluding carboxylic acids is 1. The Kier molecular flexibility index (Phi) is 5.62. The minimum atomic E-state index is -0.0896. The molecule has 1 aliphatic heterocycles. The largest absolute Gasteiger partial charge is 0.358 e. The Morgan fingerprint density at radius 1 is 1.48 bits per heavy atom. The van der Waals surface area contributed by atoms with Crippen molar-refractivity contribution in [3.63, 3.8) is 0 Å². The molecule has 1 saturated heterocycles. The number of rotatable bonds is 5. The SMILES string of the molecule is CCC(N)C(c1ccc(Cl)cc1)N1CCCC1C(=O)NC. The minimum Gasteiger partial charge on any atom is -0.358 e. The number of carbonyl (C=O) groups is 1. The van der Waals surface area contributed by atoms with Gasteiger partial charge in [0.05, 0.1) is 12.1 Å². The van der Waals surface area contributed by atoms with Gasteiger partial charge in [-0.2, -0.15) is 0 Å². The lowest BCUT2D eigenvalue weighted by Gasteiger charge is -2.36. The highest BCUT2D eigenvalue weighted by molar-refractivity contribution is 6.30. The van der Waals surface area contributed by atoms with Crippen LogP contribution in [-0.2, 0) is 4.79 Å².